The Bertz CT molecular complexity index is 1380. The smallest absolute Gasteiger partial charge is 0.258 e. The molecule has 0 saturated heterocycles. The average Bonchev–Trinajstić information content (AvgIpc) is 3.12. The van der Waals surface area contributed by atoms with Crippen molar-refractivity contribution in [3.05, 3.63) is 89.1 Å². The van der Waals surface area contributed by atoms with Gasteiger partial charge in [0.1, 0.15) is 17.4 Å². The number of carbonyl (C=O) groups excluding carboxylic acids is 1. The molecule has 1 amide bonds. The molecule has 0 bridgehead atoms. The van der Waals surface area contributed by atoms with Gasteiger partial charge in [-0.25, -0.2) is 8.78 Å². The number of fused-ring (bicyclic) bond motifs is 6. The van der Waals surface area contributed by atoms with Gasteiger partial charge in [-0.05, 0) is 66.6 Å². The molecule has 2 aliphatic heterocycles. The van der Waals surface area contributed by atoms with Crippen LogP contribution in [0.5, 0.6) is 5.75 Å². The first kappa shape index (κ1) is 17.9. The van der Waals surface area contributed by atoms with Crippen LogP contribution < -0.4 is 4.90 Å². The second-order valence-corrected chi connectivity index (χ2v) is 7.88. The van der Waals surface area contributed by atoms with E-state index in [1.165, 1.54) is 24.3 Å². The van der Waals surface area contributed by atoms with E-state index in [-0.39, 0.29) is 17.2 Å². The number of nitrogens with zero attached hydrogens (tertiary/aromatic N) is 2. The zero-order chi connectivity index (χ0) is 21.3. The molecule has 6 rings (SSSR count). The second kappa shape index (κ2) is 6.31. The molecule has 3 aromatic carbocycles. The molecule has 3 heterocycles. The number of phenols is 1. The van der Waals surface area contributed by atoms with Crippen molar-refractivity contribution in [3.63, 3.8) is 0 Å². The summed E-state index contributed by atoms with van der Waals surface area (Å²) in [5, 5.41) is 10.9. The van der Waals surface area contributed by atoms with Crippen LogP contribution >= 0.6 is 0 Å². The lowest BCUT2D eigenvalue weighted by molar-refractivity contribution is 0.0641. The maximum absolute atomic E-state index is 14.2. The highest BCUT2D eigenvalue weighted by atomic mass is 19.1. The number of hydrogen-bond donors (Lipinski definition) is 2. The Labute approximate surface area is 176 Å². The van der Waals surface area contributed by atoms with Crippen LogP contribution in [0.25, 0.3) is 10.9 Å². The highest BCUT2D eigenvalue weighted by molar-refractivity contribution is 6.04. The summed E-state index contributed by atoms with van der Waals surface area (Å²) in [6, 6.07) is 15.4. The van der Waals surface area contributed by atoms with Gasteiger partial charge in [-0.3, -0.25) is 4.79 Å². The number of amides is 1. The van der Waals surface area contributed by atoms with Gasteiger partial charge in [-0.15, -0.1) is 0 Å². The molecule has 0 aliphatic carbocycles. The lowest BCUT2D eigenvalue weighted by Gasteiger charge is -2.47. The molecular formula is C24H17F2N3O2. The minimum absolute atomic E-state index is 0.166. The number of carbonyl (C=O) groups is 1. The predicted molar refractivity (Wildman–Crippen MR) is 112 cm³/mol. The Hall–Kier alpha value is -3.87. The van der Waals surface area contributed by atoms with Crippen LogP contribution in [0, 0.1) is 11.6 Å². The predicted octanol–water partition coefficient (Wildman–Crippen LogP) is 5.00. The van der Waals surface area contributed by atoms with Crippen LogP contribution in [0.2, 0.25) is 0 Å². The molecule has 2 aliphatic rings. The van der Waals surface area contributed by atoms with Crippen molar-refractivity contribution in [1.82, 2.24) is 9.88 Å². The van der Waals surface area contributed by atoms with Crippen molar-refractivity contribution >= 4 is 28.2 Å². The number of aromatic nitrogens is 1. The summed E-state index contributed by atoms with van der Waals surface area (Å²) in [6.07, 6.45) is 0.0356. The standard InChI is InChI=1S/C24H17F2N3O2/c25-13-2-1-3-15(10-13)29-21-7-4-14(26)11-19(21)24(31)28-9-8-17-18-12-16(30)5-6-20(18)27-22(17)23(28)29/h1-7,10-12,23,27,30H,8-9H2. The summed E-state index contributed by atoms with van der Waals surface area (Å²) in [6.45, 7) is 0.418. The van der Waals surface area contributed by atoms with Crippen LogP contribution in [0.1, 0.15) is 27.8 Å². The van der Waals surface area contributed by atoms with E-state index >= 15 is 0 Å². The summed E-state index contributed by atoms with van der Waals surface area (Å²) in [7, 11) is 0. The molecule has 0 radical (unpaired) electrons. The molecule has 154 valence electrons. The van der Waals surface area contributed by atoms with Crippen molar-refractivity contribution in [1.29, 1.82) is 0 Å². The largest absolute Gasteiger partial charge is 0.508 e. The van der Waals surface area contributed by atoms with Crippen molar-refractivity contribution in [2.45, 2.75) is 12.6 Å². The molecule has 5 nitrogen and oxygen atoms in total. The monoisotopic (exact) mass is 417 g/mol. The van der Waals surface area contributed by atoms with E-state index in [0.29, 0.717) is 24.3 Å². The number of H-pyrrole nitrogens is 1. The lowest BCUT2D eigenvalue weighted by atomic mass is 9.95. The minimum Gasteiger partial charge on any atom is -0.508 e. The van der Waals surface area contributed by atoms with Crippen LogP contribution in [0.4, 0.5) is 20.2 Å². The van der Waals surface area contributed by atoms with E-state index in [1.54, 1.807) is 41.3 Å². The van der Waals surface area contributed by atoms with Gasteiger partial charge in [0.2, 0.25) is 0 Å². The molecular weight excluding hydrogens is 400 g/mol. The molecule has 1 aromatic heterocycles. The van der Waals surface area contributed by atoms with Gasteiger partial charge in [0.25, 0.3) is 5.91 Å². The fourth-order valence-electron chi connectivity index (χ4n) is 4.82. The number of benzene rings is 3. The number of nitrogens with one attached hydrogen (secondary N) is 1. The summed E-state index contributed by atoms with van der Waals surface area (Å²) in [4.78, 5) is 20.3. The first-order chi connectivity index (χ1) is 15.0. The molecule has 0 fully saturated rings. The first-order valence-electron chi connectivity index (χ1n) is 10.00. The maximum atomic E-state index is 14.2. The number of aromatic hydroxyl groups is 1. The van der Waals surface area contributed by atoms with Gasteiger partial charge in [0, 0.05) is 23.1 Å². The quantitative estimate of drug-likeness (QED) is 0.458. The summed E-state index contributed by atoms with van der Waals surface area (Å²) in [5.74, 6) is -0.996. The van der Waals surface area contributed by atoms with Gasteiger partial charge in [0.05, 0.1) is 16.9 Å². The van der Waals surface area contributed by atoms with Gasteiger partial charge in [-0.1, -0.05) is 6.07 Å². The molecule has 4 aromatic rings. The third-order valence-corrected chi connectivity index (χ3v) is 6.12. The highest BCUT2D eigenvalue weighted by Crippen LogP contribution is 2.47. The third-order valence-electron chi connectivity index (χ3n) is 6.12. The highest BCUT2D eigenvalue weighted by Gasteiger charge is 2.43. The molecule has 7 heteroatoms. The molecule has 1 atom stereocenters. The topological polar surface area (TPSA) is 59.6 Å². The summed E-state index contributed by atoms with van der Waals surface area (Å²) >= 11 is 0. The Balaban J connectivity index is 1.64. The number of aromatic amines is 1. The Morgan fingerprint density at radius 1 is 1.00 bits per heavy atom. The Morgan fingerprint density at radius 2 is 1.84 bits per heavy atom. The van der Waals surface area contributed by atoms with E-state index < -0.39 is 17.8 Å². The van der Waals surface area contributed by atoms with Crippen LogP contribution in [-0.4, -0.2) is 27.4 Å². The van der Waals surface area contributed by atoms with Crippen LogP contribution in [0.3, 0.4) is 0 Å². The van der Waals surface area contributed by atoms with Crippen molar-refractivity contribution < 1.29 is 18.7 Å². The third kappa shape index (κ3) is 2.56. The number of phenolic OH excluding ortho intramolecular Hbond substituents is 1. The number of hydrogen-bond acceptors (Lipinski definition) is 3. The molecule has 0 spiro atoms. The van der Waals surface area contributed by atoms with Gasteiger partial charge in [-0.2, -0.15) is 0 Å². The SMILES string of the molecule is O=C1c2cc(F)ccc2N(c2cccc(F)c2)C2c3[nH]c4ccc(O)cc4c3CCN12. The van der Waals surface area contributed by atoms with Crippen molar-refractivity contribution in [2.75, 3.05) is 11.4 Å². The minimum atomic E-state index is -0.550. The maximum Gasteiger partial charge on any atom is 0.258 e. The van der Waals surface area contributed by atoms with Crippen molar-refractivity contribution in [3.8, 4) is 5.75 Å². The Morgan fingerprint density at radius 3 is 2.68 bits per heavy atom. The fraction of sp³-hybridized carbons (Fsp3) is 0.125. The zero-order valence-corrected chi connectivity index (χ0v) is 16.3. The van der Waals surface area contributed by atoms with E-state index in [2.05, 4.69) is 4.98 Å². The second-order valence-electron chi connectivity index (χ2n) is 7.88. The molecule has 2 N–H and O–H groups in total. The summed E-state index contributed by atoms with van der Waals surface area (Å²) < 4.78 is 28.2. The normalized spacial score (nSPS) is 17.5. The number of rotatable bonds is 1. The Kier molecular flexibility index (Phi) is 3.65. The van der Waals surface area contributed by atoms with E-state index in [1.807, 2.05) is 4.90 Å². The molecule has 1 unspecified atom stereocenters. The van der Waals surface area contributed by atoms with Gasteiger partial charge >= 0.3 is 0 Å². The van der Waals surface area contributed by atoms with Crippen LogP contribution in [0.15, 0.2) is 60.7 Å². The van der Waals surface area contributed by atoms with Crippen molar-refractivity contribution in [2.24, 2.45) is 0 Å². The lowest BCUT2D eigenvalue weighted by Crippen LogP contribution is -2.50. The number of anilines is 2. The van der Waals surface area contributed by atoms with Gasteiger partial charge < -0.3 is 19.9 Å². The van der Waals surface area contributed by atoms with Crippen LogP contribution in [-0.2, 0) is 6.42 Å². The zero-order valence-electron chi connectivity index (χ0n) is 16.3. The average molecular weight is 417 g/mol. The molecule has 31 heavy (non-hydrogen) atoms. The van der Waals surface area contributed by atoms with Gasteiger partial charge in [0.15, 0.2) is 6.17 Å². The molecule has 0 saturated carbocycles. The first-order valence-corrected chi connectivity index (χ1v) is 10.00. The summed E-state index contributed by atoms with van der Waals surface area (Å²) in [5.41, 5.74) is 3.99. The van der Waals surface area contributed by atoms with E-state index in [9.17, 15) is 18.7 Å². The fourth-order valence-corrected chi connectivity index (χ4v) is 4.82. The van der Waals surface area contributed by atoms with E-state index in [0.717, 1.165) is 22.2 Å². The van der Waals surface area contributed by atoms with E-state index in [4.69, 9.17) is 0 Å². The number of halogens is 2.